The second-order valence-corrected chi connectivity index (χ2v) is 5.19. The fourth-order valence-electron chi connectivity index (χ4n) is 2.75. The number of aliphatic carboxylic acids is 1. The van der Waals surface area contributed by atoms with Crippen LogP contribution >= 0.6 is 0 Å². The smallest absolute Gasteiger partial charge is 0.305 e. The highest BCUT2D eigenvalue weighted by molar-refractivity contribution is 5.70. The summed E-state index contributed by atoms with van der Waals surface area (Å²) in [5, 5.41) is 20.2. The predicted octanol–water partition coefficient (Wildman–Crippen LogP) is 2.74. The molecule has 1 saturated heterocycles. The summed E-state index contributed by atoms with van der Waals surface area (Å²) in [6, 6.07) is 4.81. The Hall–Kier alpha value is -2.11. The molecule has 1 fully saturated rings. The van der Waals surface area contributed by atoms with E-state index in [-0.39, 0.29) is 18.2 Å². The number of hydrogen-bond acceptors (Lipinski definition) is 4. The molecule has 0 aromatic heterocycles. The van der Waals surface area contributed by atoms with Gasteiger partial charge in [-0.1, -0.05) is 6.07 Å². The van der Waals surface area contributed by atoms with Crippen molar-refractivity contribution in [3.05, 3.63) is 33.9 Å². The molecule has 1 atom stereocenters. The normalized spacial score (nSPS) is 18.9. The van der Waals surface area contributed by atoms with Crippen molar-refractivity contribution in [2.24, 2.45) is 0 Å². The third-order valence-electron chi connectivity index (χ3n) is 3.67. The minimum Gasteiger partial charge on any atom is -0.481 e. The van der Waals surface area contributed by atoms with Crippen LogP contribution in [0.15, 0.2) is 18.2 Å². The maximum Gasteiger partial charge on any atom is 0.305 e. The first kappa shape index (κ1) is 14.3. The summed E-state index contributed by atoms with van der Waals surface area (Å²) in [4.78, 5) is 23.6. The van der Waals surface area contributed by atoms with Gasteiger partial charge in [-0.15, -0.1) is 0 Å². The van der Waals surface area contributed by atoms with E-state index in [1.165, 1.54) is 6.07 Å². The highest BCUT2D eigenvalue weighted by Crippen LogP contribution is 2.34. The van der Waals surface area contributed by atoms with Crippen LogP contribution in [-0.2, 0) is 4.79 Å². The Morgan fingerprint density at radius 3 is 2.90 bits per heavy atom. The fourth-order valence-corrected chi connectivity index (χ4v) is 2.75. The van der Waals surface area contributed by atoms with Gasteiger partial charge in [0.1, 0.15) is 5.69 Å². The maximum absolute atomic E-state index is 11.2. The molecule has 1 heterocycles. The lowest BCUT2D eigenvalue weighted by molar-refractivity contribution is -0.384. The summed E-state index contributed by atoms with van der Waals surface area (Å²) in [5.41, 5.74) is 1.53. The molecule has 1 unspecified atom stereocenters. The molecule has 0 aliphatic carbocycles. The van der Waals surface area contributed by atoms with E-state index < -0.39 is 10.9 Å². The number of aryl methyl sites for hydroxylation is 1. The zero-order chi connectivity index (χ0) is 14.7. The minimum atomic E-state index is -0.864. The number of nitrogens with zero attached hydrogens (tertiary/aromatic N) is 2. The second-order valence-electron chi connectivity index (χ2n) is 5.19. The van der Waals surface area contributed by atoms with Crippen LogP contribution in [0.25, 0.3) is 0 Å². The van der Waals surface area contributed by atoms with Gasteiger partial charge in [-0.25, -0.2) is 0 Å². The number of nitro groups is 1. The van der Waals surface area contributed by atoms with E-state index in [9.17, 15) is 14.9 Å². The van der Waals surface area contributed by atoms with Crippen molar-refractivity contribution in [1.29, 1.82) is 0 Å². The lowest BCUT2D eigenvalue weighted by Crippen LogP contribution is -2.41. The van der Waals surface area contributed by atoms with Crippen molar-refractivity contribution in [2.75, 3.05) is 11.4 Å². The van der Waals surface area contributed by atoms with Gasteiger partial charge in [0.05, 0.1) is 11.3 Å². The van der Waals surface area contributed by atoms with Crippen LogP contribution in [0.3, 0.4) is 0 Å². The zero-order valence-electron chi connectivity index (χ0n) is 11.4. The highest BCUT2D eigenvalue weighted by atomic mass is 16.6. The summed E-state index contributed by atoms with van der Waals surface area (Å²) >= 11 is 0. The van der Waals surface area contributed by atoms with Gasteiger partial charge in [0.15, 0.2) is 0 Å². The van der Waals surface area contributed by atoms with Crippen LogP contribution in [-0.4, -0.2) is 28.6 Å². The van der Waals surface area contributed by atoms with Gasteiger partial charge in [-0.3, -0.25) is 14.9 Å². The molecule has 108 valence electrons. The summed E-state index contributed by atoms with van der Waals surface area (Å²) < 4.78 is 0. The van der Waals surface area contributed by atoms with Crippen LogP contribution < -0.4 is 4.90 Å². The van der Waals surface area contributed by atoms with Crippen molar-refractivity contribution in [3.63, 3.8) is 0 Å². The highest BCUT2D eigenvalue weighted by Gasteiger charge is 2.29. The number of carbonyl (C=O) groups is 1. The van der Waals surface area contributed by atoms with Crippen LogP contribution in [0.5, 0.6) is 0 Å². The molecule has 1 N–H and O–H groups in total. The number of hydrogen-bond donors (Lipinski definition) is 1. The van der Waals surface area contributed by atoms with Crippen LogP contribution in [0.4, 0.5) is 11.4 Å². The van der Waals surface area contributed by atoms with Crippen molar-refractivity contribution in [2.45, 2.75) is 38.6 Å². The molecule has 0 amide bonds. The third kappa shape index (κ3) is 3.07. The fraction of sp³-hybridized carbons (Fsp3) is 0.500. The van der Waals surface area contributed by atoms with Crippen LogP contribution in [0.2, 0.25) is 0 Å². The molecule has 1 aliphatic rings. The molecule has 0 radical (unpaired) electrons. The molecule has 2 rings (SSSR count). The maximum atomic E-state index is 11.2. The van der Waals surface area contributed by atoms with E-state index in [2.05, 4.69) is 0 Å². The van der Waals surface area contributed by atoms with E-state index in [0.29, 0.717) is 12.2 Å². The van der Waals surface area contributed by atoms with Gasteiger partial charge in [-0.05, 0) is 37.8 Å². The van der Waals surface area contributed by atoms with Crippen molar-refractivity contribution in [3.8, 4) is 0 Å². The molecule has 1 aromatic rings. The molecule has 1 aliphatic heterocycles. The Morgan fingerprint density at radius 1 is 1.50 bits per heavy atom. The first-order valence-electron chi connectivity index (χ1n) is 6.72. The van der Waals surface area contributed by atoms with Gasteiger partial charge in [-0.2, -0.15) is 0 Å². The predicted molar refractivity (Wildman–Crippen MR) is 75.1 cm³/mol. The van der Waals surface area contributed by atoms with Crippen molar-refractivity contribution in [1.82, 2.24) is 0 Å². The lowest BCUT2D eigenvalue weighted by Gasteiger charge is -2.36. The van der Waals surface area contributed by atoms with E-state index in [1.54, 1.807) is 12.1 Å². The quantitative estimate of drug-likeness (QED) is 0.676. The Kier molecular flexibility index (Phi) is 4.22. The Morgan fingerprint density at radius 2 is 2.25 bits per heavy atom. The number of carboxylic acids is 1. The first-order valence-corrected chi connectivity index (χ1v) is 6.72. The number of rotatable bonds is 4. The van der Waals surface area contributed by atoms with E-state index in [4.69, 9.17) is 5.11 Å². The number of nitro benzene ring substituents is 1. The second kappa shape index (κ2) is 5.90. The molecule has 0 spiro atoms. The van der Waals surface area contributed by atoms with Crippen molar-refractivity contribution >= 4 is 17.3 Å². The van der Waals surface area contributed by atoms with Gasteiger partial charge >= 0.3 is 5.97 Å². The molecule has 6 heteroatoms. The Labute approximate surface area is 117 Å². The van der Waals surface area contributed by atoms with E-state index >= 15 is 0 Å². The summed E-state index contributed by atoms with van der Waals surface area (Å²) in [5.74, 6) is -0.864. The SMILES string of the molecule is Cc1ccc([N+](=O)[O-])c(N2CCCCC2CC(=O)O)c1. The van der Waals surface area contributed by atoms with Gasteiger partial charge in [0.2, 0.25) is 0 Å². The van der Waals surface area contributed by atoms with Crippen LogP contribution in [0, 0.1) is 17.0 Å². The molecule has 6 nitrogen and oxygen atoms in total. The molecule has 1 aromatic carbocycles. The number of anilines is 1. The first-order chi connectivity index (χ1) is 9.49. The Bertz CT molecular complexity index is 530. The molecule has 0 saturated carbocycles. The summed E-state index contributed by atoms with van der Waals surface area (Å²) in [6.45, 7) is 2.55. The van der Waals surface area contributed by atoms with Gasteiger partial charge in [0.25, 0.3) is 5.69 Å². The molecular weight excluding hydrogens is 260 g/mol. The van der Waals surface area contributed by atoms with E-state index in [1.807, 2.05) is 11.8 Å². The number of carboxylic acid groups (broad SMARTS) is 1. The average Bonchev–Trinajstić information content (AvgIpc) is 2.38. The van der Waals surface area contributed by atoms with Gasteiger partial charge < -0.3 is 10.0 Å². The standard InChI is InChI=1S/C14H18N2O4/c1-10-5-6-12(16(19)20)13(8-10)15-7-3-2-4-11(15)9-14(17)18/h5-6,8,11H,2-4,7,9H2,1H3,(H,17,18). The topological polar surface area (TPSA) is 83.7 Å². The lowest BCUT2D eigenvalue weighted by atomic mass is 9.97. The van der Waals surface area contributed by atoms with Gasteiger partial charge in [0, 0.05) is 18.7 Å². The Balaban J connectivity index is 2.38. The molecule has 0 bridgehead atoms. The largest absolute Gasteiger partial charge is 0.481 e. The number of piperidine rings is 1. The molecule has 20 heavy (non-hydrogen) atoms. The monoisotopic (exact) mass is 278 g/mol. The number of benzene rings is 1. The third-order valence-corrected chi connectivity index (χ3v) is 3.67. The summed E-state index contributed by atoms with van der Waals surface area (Å²) in [6.07, 6.45) is 2.68. The van der Waals surface area contributed by atoms with Crippen molar-refractivity contribution < 1.29 is 14.8 Å². The zero-order valence-corrected chi connectivity index (χ0v) is 11.4. The summed E-state index contributed by atoms with van der Waals surface area (Å²) in [7, 11) is 0. The molecular formula is C14H18N2O4. The average molecular weight is 278 g/mol. The van der Waals surface area contributed by atoms with Crippen LogP contribution in [0.1, 0.15) is 31.2 Å². The minimum absolute atomic E-state index is 0.0189. The van der Waals surface area contributed by atoms with E-state index in [0.717, 1.165) is 24.8 Å².